The van der Waals surface area contributed by atoms with Crippen molar-refractivity contribution in [3.63, 3.8) is 0 Å². The molecule has 0 aliphatic rings. The highest BCUT2D eigenvalue weighted by atomic mass is 32.2. The van der Waals surface area contributed by atoms with Gasteiger partial charge in [-0.2, -0.15) is 0 Å². The number of aromatic nitrogens is 1. The minimum Gasteiger partial charge on any atom is -0.495 e. The quantitative estimate of drug-likeness (QED) is 0.510. The van der Waals surface area contributed by atoms with Crippen molar-refractivity contribution in [2.24, 2.45) is 0 Å². The molecule has 9 heteroatoms. The zero-order chi connectivity index (χ0) is 23.1. The molecule has 0 radical (unpaired) electrons. The molecule has 0 bridgehead atoms. The average molecular weight is 456 g/mol. The second-order valence-corrected chi connectivity index (χ2v) is 8.80. The number of ether oxygens (including phenoxy) is 1. The van der Waals surface area contributed by atoms with Gasteiger partial charge in [-0.25, -0.2) is 13.1 Å². The highest BCUT2D eigenvalue weighted by Gasteiger charge is 2.19. The molecule has 0 unspecified atom stereocenters. The van der Waals surface area contributed by atoms with Gasteiger partial charge in [0.15, 0.2) is 5.76 Å². The fourth-order valence-electron chi connectivity index (χ4n) is 3.06. The molecule has 1 heterocycles. The second kappa shape index (κ2) is 10.3. The molecule has 8 nitrogen and oxygen atoms in total. The Kier molecular flexibility index (Phi) is 7.45. The summed E-state index contributed by atoms with van der Waals surface area (Å²) in [6.45, 7) is 3.36. The van der Waals surface area contributed by atoms with Crippen LogP contribution in [0.15, 0.2) is 57.9 Å². The summed E-state index contributed by atoms with van der Waals surface area (Å²) >= 11 is 0. The van der Waals surface area contributed by atoms with E-state index in [-0.39, 0.29) is 23.1 Å². The van der Waals surface area contributed by atoms with E-state index in [4.69, 9.17) is 9.26 Å². The fourth-order valence-corrected chi connectivity index (χ4v) is 4.29. The maximum absolute atomic E-state index is 12.9. The van der Waals surface area contributed by atoms with Crippen molar-refractivity contribution in [3.8, 4) is 5.75 Å². The molecule has 0 atom stereocenters. The summed E-state index contributed by atoms with van der Waals surface area (Å²) in [4.78, 5) is 11.4. The topological polar surface area (TPSA) is 111 Å². The van der Waals surface area contributed by atoms with Crippen LogP contribution in [0.3, 0.4) is 0 Å². The Hall–Kier alpha value is -3.43. The summed E-state index contributed by atoms with van der Waals surface area (Å²) in [5.74, 6) is 0.355. The Morgan fingerprint density at radius 3 is 2.59 bits per heavy atom. The molecule has 3 rings (SSSR count). The number of hydrogen-bond acceptors (Lipinski definition) is 6. The number of nitrogens with one attached hydrogen (secondary N) is 2. The number of methoxy groups -OCH3 is 1. The molecule has 2 aromatic carbocycles. The molecule has 168 valence electrons. The number of carbonyl (C=O) groups excluding carboxylic acids is 1. The summed E-state index contributed by atoms with van der Waals surface area (Å²) in [5.41, 5.74) is 2.66. The number of sulfonamides is 1. The Bertz CT molecular complexity index is 1220. The number of benzene rings is 2. The smallest absolute Gasteiger partial charge is 0.244 e. The molecule has 0 aliphatic carbocycles. The van der Waals surface area contributed by atoms with Gasteiger partial charge in [-0.15, -0.1) is 0 Å². The highest BCUT2D eigenvalue weighted by Crippen LogP contribution is 2.27. The zero-order valence-electron chi connectivity index (χ0n) is 18.1. The number of hydrogen-bond donors (Lipinski definition) is 2. The molecule has 0 saturated carbocycles. The van der Waals surface area contributed by atoms with Gasteiger partial charge in [0.25, 0.3) is 0 Å². The number of aryl methyl sites for hydroxylation is 1. The van der Waals surface area contributed by atoms with E-state index in [0.29, 0.717) is 29.1 Å². The van der Waals surface area contributed by atoms with Crippen LogP contribution in [0.5, 0.6) is 5.75 Å². The molecular formula is C23H25N3O5S. The summed E-state index contributed by atoms with van der Waals surface area (Å²) in [6.07, 6.45) is 3.86. The lowest BCUT2D eigenvalue weighted by atomic mass is 10.2. The van der Waals surface area contributed by atoms with Crippen molar-refractivity contribution in [1.29, 1.82) is 0 Å². The molecule has 1 amide bonds. The van der Waals surface area contributed by atoms with Crippen LogP contribution in [-0.4, -0.2) is 33.1 Å². The van der Waals surface area contributed by atoms with Crippen LogP contribution in [0, 0.1) is 6.92 Å². The van der Waals surface area contributed by atoms with Gasteiger partial charge in [-0.3, -0.25) is 4.79 Å². The number of carbonyl (C=O) groups is 1. The van der Waals surface area contributed by atoms with Crippen molar-refractivity contribution in [3.05, 3.63) is 71.1 Å². The van der Waals surface area contributed by atoms with Gasteiger partial charge in [0.05, 0.1) is 7.11 Å². The third-order valence-corrected chi connectivity index (χ3v) is 6.13. The van der Waals surface area contributed by atoms with Gasteiger partial charge in [0, 0.05) is 13.5 Å². The van der Waals surface area contributed by atoms with Crippen molar-refractivity contribution in [2.75, 3.05) is 19.0 Å². The lowest BCUT2D eigenvalue weighted by molar-refractivity contribution is -0.114. The molecule has 0 spiro atoms. The average Bonchev–Trinajstić information content (AvgIpc) is 3.11. The Balaban J connectivity index is 1.81. The van der Waals surface area contributed by atoms with E-state index in [9.17, 15) is 13.2 Å². The zero-order valence-corrected chi connectivity index (χ0v) is 18.9. The predicted molar refractivity (Wildman–Crippen MR) is 123 cm³/mol. The first kappa shape index (κ1) is 23.2. The van der Waals surface area contributed by atoms with Gasteiger partial charge in [0.1, 0.15) is 22.0 Å². The first-order valence-electron chi connectivity index (χ1n) is 9.93. The lowest BCUT2D eigenvalue weighted by Crippen LogP contribution is -2.26. The third-order valence-electron chi connectivity index (χ3n) is 4.64. The van der Waals surface area contributed by atoms with Crippen molar-refractivity contribution >= 4 is 33.8 Å². The molecule has 0 aliphatic heterocycles. The summed E-state index contributed by atoms with van der Waals surface area (Å²) < 4.78 is 39.0. The first-order chi connectivity index (χ1) is 15.3. The highest BCUT2D eigenvalue weighted by molar-refractivity contribution is 7.89. The number of amides is 1. The summed E-state index contributed by atoms with van der Waals surface area (Å²) in [6, 6.07) is 14.5. The Labute approximate surface area is 187 Å². The normalized spacial score (nSPS) is 11.6. The standard InChI is InChI=1S/C23H25N3O5S/c1-16-23(25-17(2)27)21(31-26-16)12-10-19-9-11-20(30-3)22(15-19)32(28,29)24-14-13-18-7-5-4-6-8-18/h4-12,15,24H,13-14H2,1-3H3,(H,25,27)/b12-10-. The van der Waals surface area contributed by atoms with Crippen LogP contribution in [0.2, 0.25) is 0 Å². The fraction of sp³-hybridized carbons (Fsp3) is 0.217. The lowest BCUT2D eigenvalue weighted by Gasteiger charge is -2.12. The molecule has 1 aromatic heterocycles. The maximum atomic E-state index is 12.9. The predicted octanol–water partition coefficient (Wildman–Crippen LogP) is 3.64. The van der Waals surface area contributed by atoms with Crippen LogP contribution < -0.4 is 14.8 Å². The van der Waals surface area contributed by atoms with E-state index in [2.05, 4.69) is 15.2 Å². The van der Waals surface area contributed by atoms with Crippen LogP contribution in [0.1, 0.15) is 29.5 Å². The van der Waals surface area contributed by atoms with Crippen molar-refractivity contribution in [1.82, 2.24) is 9.88 Å². The third kappa shape index (κ3) is 5.83. The molecular weight excluding hydrogens is 430 g/mol. The van der Waals surface area contributed by atoms with Crippen molar-refractivity contribution in [2.45, 2.75) is 25.2 Å². The van der Waals surface area contributed by atoms with E-state index in [1.54, 1.807) is 31.2 Å². The molecule has 2 N–H and O–H groups in total. The van der Waals surface area contributed by atoms with Crippen molar-refractivity contribution < 1.29 is 22.5 Å². The second-order valence-electron chi connectivity index (χ2n) is 7.07. The van der Waals surface area contributed by atoms with E-state index in [1.165, 1.54) is 20.1 Å². The van der Waals surface area contributed by atoms with Gasteiger partial charge in [0.2, 0.25) is 15.9 Å². The summed E-state index contributed by atoms with van der Waals surface area (Å²) in [5, 5.41) is 6.53. The maximum Gasteiger partial charge on any atom is 0.244 e. The van der Waals surface area contributed by atoms with E-state index < -0.39 is 10.0 Å². The van der Waals surface area contributed by atoms with Crippen LogP contribution in [0.4, 0.5) is 5.69 Å². The van der Waals surface area contributed by atoms with Crippen LogP contribution in [-0.2, 0) is 21.2 Å². The number of rotatable bonds is 9. The van der Waals surface area contributed by atoms with Crippen LogP contribution >= 0.6 is 0 Å². The Morgan fingerprint density at radius 2 is 1.91 bits per heavy atom. The molecule has 0 saturated heterocycles. The van der Waals surface area contributed by atoms with Gasteiger partial charge in [-0.05, 0) is 42.7 Å². The van der Waals surface area contributed by atoms with Gasteiger partial charge < -0.3 is 14.6 Å². The minimum atomic E-state index is -3.80. The van der Waals surface area contributed by atoms with Gasteiger partial charge in [-0.1, -0.05) is 47.6 Å². The van der Waals surface area contributed by atoms with Gasteiger partial charge >= 0.3 is 0 Å². The molecule has 32 heavy (non-hydrogen) atoms. The minimum absolute atomic E-state index is 0.0334. The molecule has 3 aromatic rings. The monoisotopic (exact) mass is 455 g/mol. The number of nitrogens with zero attached hydrogens (tertiary/aromatic N) is 1. The SMILES string of the molecule is COc1ccc(/C=C\c2onc(C)c2NC(C)=O)cc1S(=O)(=O)NCCc1ccccc1. The molecule has 0 fully saturated rings. The Morgan fingerprint density at radius 1 is 1.16 bits per heavy atom. The van der Waals surface area contributed by atoms with E-state index >= 15 is 0 Å². The first-order valence-corrected chi connectivity index (χ1v) is 11.4. The number of anilines is 1. The van der Waals surface area contributed by atoms with Crippen LogP contribution in [0.25, 0.3) is 12.2 Å². The van der Waals surface area contributed by atoms with E-state index in [0.717, 1.165) is 5.56 Å². The van der Waals surface area contributed by atoms with E-state index in [1.807, 2.05) is 30.3 Å². The largest absolute Gasteiger partial charge is 0.495 e. The summed E-state index contributed by atoms with van der Waals surface area (Å²) in [7, 11) is -2.38.